The zero-order valence-corrected chi connectivity index (χ0v) is 13.3. The van der Waals surface area contributed by atoms with E-state index in [0.717, 1.165) is 25.7 Å². The van der Waals surface area contributed by atoms with Crippen LogP contribution in [0.15, 0.2) is 18.2 Å². The van der Waals surface area contributed by atoms with Crippen LogP contribution in [0.2, 0.25) is 0 Å². The molecule has 1 aliphatic carbocycles. The third-order valence-corrected chi connectivity index (χ3v) is 3.67. The van der Waals surface area contributed by atoms with E-state index in [-0.39, 0.29) is 18.3 Å². The number of carbonyl (C=O) groups is 1. The Kier molecular flexibility index (Phi) is 6.30. The summed E-state index contributed by atoms with van der Waals surface area (Å²) in [7, 11) is 1.59. The molecule has 0 saturated heterocycles. The predicted molar refractivity (Wildman–Crippen MR) is 85.4 cm³/mol. The molecule has 0 aromatic heterocycles. The Labute approximate surface area is 131 Å². The second kappa shape index (κ2) is 7.52. The predicted octanol–water partition coefficient (Wildman–Crippen LogP) is 2.73. The largest absolute Gasteiger partial charge is 0.493 e. The highest BCUT2D eigenvalue weighted by molar-refractivity contribution is 5.98. The highest BCUT2D eigenvalue weighted by Gasteiger charge is 2.37. The van der Waals surface area contributed by atoms with E-state index in [1.165, 1.54) is 0 Å². The quantitative estimate of drug-likeness (QED) is 0.876. The van der Waals surface area contributed by atoms with Crippen molar-refractivity contribution in [1.82, 2.24) is 0 Å². The van der Waals surface area contributed by atoms with Gasteiger partial charge in [0.1, 0.15) is 0 Å². The smallest absolute Gasteiger partial charge is 0.244 e. The number of methoxy groups -OCH3 is 1. The molecule has 0 atom stereocenters. The van der Waals surface area contributed by atoms with Gasteiger partial charge in [-0.15, -0.1) is 12.4 Å². The maximum absolute atomic E-state index is 12.3. The summed E-state index contributed by atoms with van der Waals surface area (Å²) in [5.74, 6) is 1.14. The number of amides is 1. The maximum Gasteiger partial charge on any atom is 0.244 e. The molecule has 2 rings (SSSR count). The van der Waals surface area contributed by atoms with Crippen molar-refractivity contribution in [3.63, 3.8) is 0 Å². The van der Waals surface area contributed by atoms with Crippen LogP contribution in [-0.2, 0) is 4.79 Å². The Balaban J connectivity index is 0.00000220. The normalized spacial score (nSPS) is 16.0. The van der Waals surface area contributed by atoms with Crippen molar-refractivity contribution in [1.29, 1.82) is 0 Å². The average molecular weight is 315 g/mol. The molecule has 1 aromatic rings. The average Bonchev–Trinajstić information content (AvgIpc) is 2.88. The summed E-state index contributed by atoms with van der Waals surface area (Å²) in [5.41, 5.74) is 6.08. The summed E-state index contributed by atoms with van der Waals surface area (Å²) in [6, 6.07) is 5.33. The maximum atomic E-state index is 12.3. The van der Waals surface area contributed by atoms with Crippen molar-refractivity contribution >= 4 is 24.0 Å². The molecule has 0 spiro atoms. The molecule has 0 radical (unpaired) electrons. The fraction of sp³-hybridized carbons (Fsp3) is 0.533. The number of carbonyl (C=O) groups excluding carboxylic acids is 1. The molecule has 1 saturated carbocycles. The number of hydrogen-bond acceptors (Lipinski definition) is 4. The Morgan fingerprint density at radius 1 is 1.33 bits per heavy atom. The first-order valence-corrected chi connectivity index (χ1v) is 7.00. The minimum absolute atomic E-state index is 0. The minimum atomic E-state index is -0.730. The molecule has 21 heavy (non-hydrogen) atoms. The third kappa shape index (κ3) is 4.02. The van der Waals surface area contributed by atoms with Crippen LogP contribution in [0.3, 0.4) is 0 Å². The lowest BCUT2D eigenvalue weighted by molar-refractivity contribution is -0.121. The zero-order valence-electron chi connectivity index (χ0n) is 12.5. The van der Waals surface area contributed by atoms with E-state index in [9.17, 15) is 4.79 Å². The van der Waals surface area contributed by atoms with Crippen molar-refractivity contribution in [3.05, 3.63) is 18.2 Å². The first-order chi connectivity index (χ1) is 9.59. The fourth-order valence-corrected chi connectivity index (χ4v) is 2.51. The van der Waals surface area contributed by atoms with Gasteiger partial charge < -0.3 is 20.5 Å². The van der Waals surface area contributed by atoms with Crippen molar-refractivity contribution in [3.8, 4) is 11.5 Å². The van der Waals surface area contributed by atoms with Crippen LogP contribution in [-0.4, -0.2) is 25.2 Å². The van der Waals surface area contributed by atoms with Gasteiger partial charge >= 0.3 is 0 Å². The number of nitrogens with two attached hydrogens (primary N) is 1. The van der Waals surface area contributed by atoms with Crippen LogP contribution in [0.4, 0.5) is 5.69 Å². The van der Waals surface area contributed by atoms with Crippen LogP contribution in [0.1, 0.15) is 32.6 Å². The summed E-state index contributed by atoms with van der Waals surface area (Å²) in [6.07, 6.45) is 3.51. The lowest BCUT2D eigenvalue weighted by Crippen LogP contribution is -2.48. The number of rotatable bonds is 5. The number of halogens is 1. The molecule has 0 unspecified atom stereocenters. The minimum Gasteiger partial charge on any atom is -0.493 e. The first kappa shape index (κ1) is 17.6. The SMILES string of the molecule is CCOc1cc(NC(=O)C2(N)CCCC2)ccc1OC.Cl. The third-order valence-electron chi connectivity index (χ3n) is 3.67. The van der Waals surface area contributed by atoms with Crippen molar-refractivity contribution in [2.75, 3.05) is 19.0 Å². The number of benzene rings is 1. The van der Waals surface area contributed by atoms with Crippen molar-refractivity contribution in [2.24, 2.45) is 5.73 Å². The molecular formula is C15H23ClN2O3. The fourth-order valence-electron chi connectivity index (χ4n) is 2.51. The summed E-state index contributed by atoms with van der Waals surface area (Å²) in [4.78, 5) is 12.3. The van der Waals surface area contributed by atoms with Gasteiger partial charge in [0.05, 0.1) is 19.3 Å². The van der Waals surface area contributed by atoms with E-state index in [0.29, 0.717) is 23.8 Å². The second-order valence-electron chi connectivity index (χ2n) is 5.12. The standard InChI is InChI=1S/C15H22N2O3.ClH/c1-3-20-13-10-11(6-7-12(13)19-2)17-14(18)15(16)8-4-5-9-15;/h6-7,10H,3-5,8-9,16H2,1-2H3,(H,17,18);1H. The Hall–Kier alpha value is -1.46. The number of anilines is 1. The van der Waals surface area contributed by atoms with Crippen LogP contribution < -0.4 is 20.5 Å². The highest BCUT2D eigenvalue weighted by Crippen LogP contribution is 2.32. The molecule has 6 heteroatoms. The summed E-state index contributed by atoms with van der Waals surface area (Å²) in [6.45, 7) is 2.44. The van der Waals surface area contributed by atoms with Gasteiger partial charge in [-0.25, -0.2) is 0 Å². The van der Waals surface area contributed by atoms with Gasteiger partial charge in [-0.2, -0.15) is 0 Å². The van der Waals surface area contributed by atoms with Gasteiger partial charge in [0.2, 0.25) is 5.91 Å². The number of nitrogens with one attached hydrogen (secondary N) is 1. The topological polar surface area (TPSA) is 73.6 Å². The molecule has 0 heterocycles. The molecule has 0 bridgehead atoms. The van der Waals surface area contributed by atoms with E-state index >= 15 is 0 Å². The zero-order chi connectivity index (χ0) is 14.6. The summed E-state index contributed by atoms with van der Waals surface area (Å²) in [5, 5.41) is 2.87. The van der Waals surface area contributed by atoms with E-state index in [1.54, 1.807) is 25.3 Å². The first-order valence-electron chi connectivity index (χ1n) is 7.00. The number of hydrogen-bond donors (Lipinski definition) is 2. The van der Waals surface area contributed by atoms with Crippen molar-refractivity contribution < 1.29 is 14.3 Å². The summed E-state index contributed by atoms with van der Waals surface area (Å²) < 4.78 is 10.7. The monoisotopic (exact) mass is 314 g/mol. The Morgan fingerprint density at radius 2 is 2.00 bits per heavy atom. The molecule has 118 valence electrons. The summed E-state index contributed by atoms with van der Waals surface area (Å²) >= 11 is 0. The van der Waals surface area contributed by atoms with E-state index < -0.39 is 5.54 Å². The highest BCUT2D eigenvalue weighted by atomic mass is 35.5. The molecule has 1 aliphatic rings. The lowest BCUT2D eigenvalue weighted by Gasteiger charge is -2.22. The van der Waals surface area contributed by atoms with Gasteiger partial charge in [-0.1, -0.05) is 12.8 Å². The van der Waals surface area contributed by atoms with Crippen LogP contribution in [0.25, 0.3) is 0 Å². The lowest BCUT2D eigenvalue weighted by atomic mass is 9.98. The van der Waals surface area contributed by atoms with Crippen molar-refractivity contribution in [2.45, 2.75) is 38.1 Å². The molecule has 1 amide bonds. The van der Waals surface area contributed by atoms with Gasteiger partial charge in [0, 0.05) is 11.8 Å². The van der Waals surface area contributed by atoms with Crippen LogP contribution in [0, 0.1) is 0 Å². The van der Waals surface area contributed by atoms with Gasteiger partial charge in [0.25, 0.3) is 0 Å². The molecule has 5 nitrogen and oxygen atoms in total. The van der Waals surface area contributed by atoms with Crippen LogP contribution in [0.5, 0.6) is 11.5 Å². The van der Waals surface area contributed by atoms with Gasteiger partial charge in [-0.3, -0.25) is 4.79 Å². The van der Waals surface area contributed by atoms with E-state index in [1.807, 2.05) is 6.92 Å². The molecular weight excluding hydrogens is 292 g/mol. The van der Waals surface area contributed by atoms with Crippen LogP contribution >= 0.6 is 12.4 Å². The second-order valence-corrected chi connectivity index (χ2v) is 5.12. The van der Waals surface area contributed by atoms with Gasteiger partial charge in [0.15, 0.2) is 11.5 Å². The van der Waals surface area contributed by atoms with Gasteiger partial charge in [-0.05, 0) is 31.9 Å². The van der Waals surface area contributed by atoms with E-state index in [2.05, 4.69) is 5.32 Å². The number of ether oxygens (including phenoxy) is 2. The van der Waals surface area contributed by atoms with E-state index in [4.69, 9.17) is 15.2 Å². The molecule has 1 fully saturated rings. The Bertz CT molecular complexity index is 488. The molecule has 3 N–H and O–H groups in total. The molecule has 0 aliphatic heterocycles. The Morgan fingerprint density at radius 3 is 2.57 bits per heavy atom. The molecule has 1 aromatic carbocycles.